The summed E-state index contributed by atoms with van der Waals surface area (Å²) in [5.74, 6) is 1.23. The molecule has 1 aromatic rings. The first kappa shape index (κ1) is 11.9. The first-order chi connectivity index (χ1) is 8.18. The first-order valence-electron chi connectivity index (χ1n) is 5.83. The van der Waals surface area contributed by atoms with Crippen LogP contribution in [-0.4, -0.2) is 25.7 Å². The summed E-state index contributed by atoms with van der Waals surface area (Å²) in [5, 5.41) is 7.53. The summed E-state index contributed by atoms with van der Waals surface area (Å²) >= 11 is 0. The van der Waals surface area contributed by atoms with Crippen LogP contribution < -0.4 is 10.5 Å². The van der Waals surface area contributed by atoms with Crippen molar-refractivity contribution in [3.05, 3.63) is 29.3 Å². The van der Waals surface area contributed by atoms with Crippen LogP contribution in [0.5, 0.6) is 5.75 Å². The van der Waals surface area contributed by atoms with E-state index in [0.29, 0.717) is 18.1 Å². The lowest BCUT2D eigenvalue weighted by atomic mass is 10.1. The molecule has 1 saturated heterocycles. The molecule has 1 aliphatic heterocycles. The Morgan fingerprint density at radius 1 is 1.59 bits per heavy atom. The number of benzene rings is 1. The van der Waals surface area contributed by atoms with Crippen molar-refractivity contribution in [2.45, 2.75) is 13.3 Å². The van der Waals surface area contributed by atoms with Crippen molar-refractivity contribution >= 4 is 5.84 Å². The summed E-state index contributed by atoms with van der Waals surface area (Å²) in [4.78, 5) is 0. The zero-order chi connectivity index (χ0) is 12.3. The fourth-order valence-electron chi connectivity index (χ4n) is 1.97. The van der Waals surface area contributed by atoms with Gasteiger partial charge in [0.1, 0.15) is 11.6 Å². The third-order valence-electron chi connectivity index (χ3n) is 2.99. The number of amidine groups is 1. The number of aryl methyl sites for hydroxylation is 1. The minimum atomic E-state index is 0.0476. The molecule has 0 bridgehead atoms. The number of para-hydroxylation sites is 1. The van der Waals surface area contributed by atoms with Crippen LogP contribution in [0.2, 0.25) is 0 Å². The van der Waals surface area contributed by atoms with Crippen molar-refractivity contribution in [1.29, 1.82) is 5.41 Å². The molecule has 0 spiro atoms. The van der Waals surface area contributed by atoms with Gasteiger partial charge in [0, 0.05) is 12.5 Å². The minimum absolute atomic E-state index is 0.0476. The molecule has 0 aliphatic carbocycles. The Kier molecular flexibility index (Phi) is 3.64. The van der Waals surface area contributed by atoms with Gasteiger partial charge in [0.05, 0.1) is 18.8 Å². The lowest BCUT2D eigenvalue weighted by Crippen LogP contribution is -2.17. The van der Waals surface area contributed by atoms with Gasteiger partial charge in [-0.05, 0) is 25.0 Å². The highest BCUT2D eigenvalue weighted by Gasteiger charge is 2.18. The maximum Gasteiger partial charge on any atom is 0.133 e. The highest BCUT2D eigenvalue weighted by Crippen LogP contribution is 2.24. The van der Waals surface area contributed by atoms with Crippen LogP contribution >= 0.6 is 0 Å². The average molecular weight is 234 g/mol. The number of rotatable bonds is 4. The molecule has 1 aliphatic rings. The topological polar surface area (TPSA) is 68.3 Å². The van der Waals surface area contributed by atoms with Gasteiger partial charge in [-0.25, -0.2) is 0 Å². The zero-order valence-corrected chi connectivity index (χ0v) is 10.0. The second kappa shape index (κ2) is 5.19. The predicted octanol–water partition coefficient (Wildman–Crippen LogP) is 1.69. The monoisotopic (exact) mass is 234 g/mol. The molecule has 0 aromatic heterocycles. The Morgan fingerprint density at radius 2 is 2.41 bits per heavy atom. The first-order valence-corrected chi connectivity index (χ1v) is 5.83. The number of hydrogen-bond donors (Lipinski definition) is 2. The van der Waals surface area contributed by atoms with Crippen molar-refractivity contribution in [3.63, 3.8) is 0 Å². The van der Waals surface area contributed by atoms with E-state index in [0.717, 1.165) is 30.9 Å². The van der Waals surface area contributed by atoms with Gasteiger partial charge in [-0.2, -0.15) is 0 Å². The van der Waals surface area contributed by atoms with Crippen LogP contribution in [0.25, 0.3) is 0 Å². The van der Waals surface area contributed by atoms with Crippen molar-refractivity contribution in [3.8, 4) is 5.75 Å². The van der Waals surface area contributed by atoms with Crippen LogP contribution in [0.15, 0.2) is 18.2 Å². The smallest absolute Gasteiger partial charge is 0.133 e. The van der Waals surface area contributed by atoms with Gasteiger partial charge in [0.25, 0.3) is 0 Å². The molecule has 1 aromatic carbocycles. The Morgan fingerprint density at radius 3 is 3.06 bits per heavy atom. The molecular weight excluding hydrogens is 216 g/mol. The van der Waals surface area contributed by atoms with Gasteiger partial charge in [-0.1, -0.05) is 12.1 Å². The van der Waals surface area contributed by atoms with Gasteiger partial charge in [-0.3, -0.25) is 5.41 Å². The van der Waals surface area contributed by atoms with E-state index in [1.165, 1.54) is 0 Å². The van der Waals surface area contributed by atoms with E-state index in [-0.39, 0.29) is 5.84 Å². The highest BCUT2D eigenvalue weighted by molar-refractivity contribution is 5.98. The molecule has 1 unspecified atom stereocenters. The summed E-state index contributed by atoms with van der Waals surface area (Å²) in [6.45, 7) is 4.18. The molecule has 3 N–H and O–H groups in total. The van der Waals surface area contributed by atoms with Crippen LogP contribution in [0.3, 0.4) is 0 Å². The number of ether oxygens (including phenoxy) is 2. The molecule has 2 rings (SSSR count). The second-order valence-corrected chi connectivity index (χ2v) is 4.41. The summed E-state index contributed by atoms with van der Waals surface area (Å²) in [5.41, 5.74) is 7.23. The van der Waals surface area contributed by atoms with Gasteiger partial charge in [0.15, 0.2) is 0 Å². The molecule has 92 valence electrons. The molecule has 1 fully saturated rings. The average Bonchev–Trinajstić information content (AvgIpc) is 2.80. The van der Waals surface area contributed by atoms with Crippen LogP contribution in [0.4, 0.5) is 0 Å². The quantitative estimate of drug-likeness (QED) is 0.615. The maximum atomic E-state index is 7.53. The molecular formula is C13H18N2O2. The van der Waals surface area contributed by atoms with Crippen LogP contribution in [0, 0.1) is 18.3 Å². The summed E-state index contributed by atoms with van der Waals surface area (Å²) in [6.07, 6.45) is 1.04. The van der Waals surface area contributed by atoms with E-state index >= 15 is 0 Å². The van der Waals surface area contributed by atoms with Crippen LogP contribution in [0.1, 0.15) is 17.5 Å². The fraction of sp³-hybridized carbons (Fsp3) is 0.462. The van der Waals surface area contributed by atoms with Gasteiger partial charge >= 0.3 is 0 Å². The number of hydrogen-bond acceptors (Lipinski definition) is 3. The summed E-state index contributed by atoms with van der Waals surface area (Å²) in [6, 6.07) is 5.67. The number of nitrogen functional groups attached to an aromatic ring is 1. The Bertz CT molecular complexity index is 412. The summed E-state index contributed by atoms with van der Waals surface area (Å²) in [7, 11) is 0. The molecule has 0 saturated carbocycles. The predicted molar refractivity (Wildman–Crippen MR) is 66.6 cm³/mol. The van der Waals surface area contributed by atoms with Crippen molar-refractivity contribution in [1.82, 2.24) is 0 Å². The third kappa shape index (κ3) is 2.77. The molecule has 1 atom stereocenters. The Labute approximate surface area is 101 Å². The van der Waals surface area contributed by atoms with E-state index in [4.69, 9.17) is 20.6 Å². The van der Waals surface area contributed by atoms with E-state index in [1.807, 2.05) is 25.1 Å². The molecule has 0 amide bonds. The van der Waals surface area contributed by atoms with Crippen LogP contribution in [-0.2, 0) is 4.74 Å². The van der Waals surface area contributed by atoms with E-state index in [9.17, 15) is 0 Å². The highest BCUT2D eigenvalue weighted by atomic mass is 16.5. The number of nitrogens with two attached hydrogens (primary N) is 1. The van der Waals surface area contributed by atoms with Gasteiger partial charge < -0.3 is 15.2 Å². The molecule has 0 radical (unpaired) electrons. The minimum Gasteiger partial charge on any atom is -0.492 e. The Hall–Kier alpha value is -1.55. The normalized spacial score (nSPS) is 19.2. The molecule has 4 heteroatoms. The largest absolute Gasteiger partial charge is 0.492 e. The van der Waals surface area contributed by atoms with E-state index < -0.39 is 0 Å². The van der Waals surface area contributed by atoms with Gasteiger partial charge in [-0.15, -0.1) is 0 Å². The summed E-state index contributed by atoms with van der Waals surface area (Å²) < 4.78 is 11.1. The zero-order valence-electron chi connectivity index (χ0n) is 10.0. The molecule has 4 nitrogen and oxygen atoms in total. The molecule has 1 heterocycles. The fourth-order valence-corrected chi connectivity index (χ4v) is 1.97. The standard InChI is InChI=1S/C13H18N2O2/c1-9-3-2-4-11(13(14)15)12(9)17-8-10-5-6-16-7-10/h2-4,10H,5-8H2,1H3,(H3,14,15). The third-order valence-corrected chi connectivity index (χ3v) is 2.99. The Balaban J connectivity index is 2.10. The van der Waals surface area contributed by atoms with Crippen molar-refractivity contribution < 1.29 is 9.47 Å². The van der Waals surface area contributed by atoms with Gasteiger partial charge in [0.2, 0.25) is 0 Å². The van der Waals surface area contributed by atoms with E-state index in [1.54, 1.807) is 0 Å². The van der Waals surface area contributed by atoms with Crippen molar-refractivity contribution in [2.24, 2.45) is 11.7 Å². The number of nitrogens with one attached hydrogen (secondary N) is 1. The maximum absolute atomic E-state index is 7.53. The van der Waals surface area contributed by atoms with Crippen molar-refractivity contribution in [2.75, 3.05) is 19.8 Å². The second-order valence-electron chi connectivity index (χ2n) is 4.41. The lowest BCUT2D eigenvalue weighted by Gasteiger charge is -2.15. The lowest BCUT2D eigenvalue weighted by molar-refractivity contribution is 0.167. The van der Waals surface area contributed by atoms with E-state index in [2.05, 4.69) is 0 Å². The molecule has 17 heavy (non-hydrogen) atoms. The SMILES string of the molecule is Cc1cccc(C(=N)N)c1OCC1CCOC1.